The van der Waals surface area contributed by atoms with Crippen LogP contribution in [0.2, 0.25) is 0 Å². The molecule has 3 heteroatoms. The fourth-order valence-electron chi connectivity index (χ4n) is 2.81. The van der Waals surface area contributed by atoms with Crippen LogP contribution in [0.1, 0.15) is 46.5 Å². The Morgan fingerprint density at radius 1 is 1.27 bits per heavy atom. The van der Waals surface area contributed by atoms with Gasteiger partial charge in [-0.25, -0.2) is 0 Å². The fourth-order valence-corrected chi connectivity index (χ4v) is 2.81. The van der Waals surface area contributed by atoms with Crippen molar-refractivity contribution in [1.29, 1.82) is 0 Å². The van der Waals surface area contributed by atoms with E-state index in [4.69, 9.17) is 4.74 Å². The molecule has 3 nitrogen and oxygen atoms in total. The Kier molecular flexibility index (Phi) is 2.34. The SMILES string of the molecule is CC(C)(C)OC(=O)C1CC2(CC(O)C2)C1. The van der Waals surface area contributed by atoms with Gasteiger partial charge in [0.2, 0.25) is 0 Å². The van der Waals surface area contributed by atoms with Crippen molar-refractivity contribution in [2.24, 2.45) is 11.3 Å². The van der Waals surface area contributed by atoms with Gasteiger partial charge in [-0.3, -0.25) is 4.79 Å². The van der Waals surface area contributed by atoms with Gasteiger partial charge in [-0.2, -0.15) is 0 Å². The first-order valence-corrected chi connectivity index (χ1v) is 5.71. The molecule has 0 unspecified atom stereocenters. The highest BCUT2D eigenvalue weighted by molar-refractivity contribution is 5.74. The maximum Gasteiger partial charge on any atom is 0.309 e. The molecule has 0 aromatic rings. The number of carbonyl (C=O) groups excluding carboxylic acids is 1. The van der Waals surface area contributed by atoms with E-state index in [1.807, 2.05) is 20.8 Å². The molecule has 0 heterocycles. The lowest BCUT2D eigenvalue weighted by Gasteiger charge is -2.55. The molecule has 0 bridgehead atoms. The maximum atomic E-state index is 11.7. The average molecular weight is 212 g/mol. The molecule has 2 aliphatic carbocycles. The predicted molar refractivity (Wildman–Crippen MR) is 56.2 cm³/mol. The van der Waals surface area contributed by atoms with Crippen LogP contribution >= 0.6 is 0 Å². The van der Waals surface area contributed by atoms with E-state index in [0.717, 1.165) is 25.7 Å². The van der Waals surface area contributed by atoms with E-state index in [2.05, 4.69) is 0 Å². The highest BCUT2D eigenvalue weighted by Gasteiger charge is 2.55. The molecule has 0 aromatic carbocycles. The second-order valence-corrected chi connectivity index (χ2v) is 6.20. The minimum atomic E-state index is -0.376. The Hall–Kier alpha value is -0.570. The Morgan fingerprint density at radius 2 is 1.80 bits per heavy atom. The van der Waals surface area contributed by atoms with Crippen LogP contribution in [-0.4, -0.2) is 22.8 Å². The first-order valence-electron chi connectivity index (χ1n) is 5.71. The lowest BCUT2D eigenvalue weighted by atomic mass is 9.51. The molecule has 2 saturated carbocycles. The van der Waals surface area contributed by atoms with Crippen LogP contribution in [0.25, 0.3) is 0 Å². The van der Waals surface area contributed by atoms with Crippen molar-refractivity contribution in [2.45, 2.75) is 58.2 Å². The number of carbonyl (C=O) groups is 1. The van der Waals surface area contributed by atoms with E-state index in [1.54, 1.807) is 0 Å². The van der Waals surface area contributed by atoms with Crippen LogP contribution in [0.15, 0.2) is 0 Å². The summed E-state index contributed by atoms with van der Waals surface area (Å²) < 4.78 is 5.33. The van der Waals surface area contributed by atoms with Crippen molar-refractivity contribution < 1.29 is 14.6 Å². The average Bonchev–Trinajstić information content (AvgIpc) is 1.89. The van der Waals surface area contributed by atoms with Gasteiger partial charge in [0.25, 0.3) is 0 Å². The summed E-state index contributed by atoms with van der Waals surface area (Å²) in [4.78, 5) is 11.7. The predicted octanol–water partition coefficient (Wildman–Crippen LogP) is 1.88. The summed E-state index contributed by atoms with van der Waals surface area (Å²) in [5.41, 5.74) is -0.0834. The standard InChI is InChI=1S/C12H20O3/c1-11(2,3)15-10(14)8-4-12(5-8)6-9(13)7-12/h8-9,13H,4-7H2,1-3H3. The summed E-state index contributed by atoms with van der Waals surface area (Å²) in [5, 5.41) is 9.24. The maximum absolute atomic E-state index is 11.7. The molecule has 2 fully saturated rings. The summed E-state index contributed by atoms with van der Waals surface area (Å²) in [6.07, 6.45) is 3.47. The second-order valence-electron chi connectivity index (χ2n) is 6.20. The molecule has 0 saturated heterocycles. The molecule has 0 amide bonds. The number of rotatable bonds is 1. The molecular weight excluding hydrogens is 192 g/mol. The van der Waals surface area contributed by atoms with Gasteiger partial charge in [0.15, 0.2) is 0 Å². The zero-order valence-electron chi connectivity index (χ0n) is 9.75. The van der Waals surface area contributed by atoms with Gasteiger partial charge in [-0.1, -0.05) is 0 Å². The van der Waals surface area contributed by atoms with Gasteiger partial charge in [0.05, 0.1) is 12.0 Å². The van der Waals surface area contributed by atoms with Gasteiger partial charge in [0.1, 0.15) is 5.60 Å². The number of aliphatic hydroxyl groups excluding tert-OH is 1. The summed E-state index contributed by atoms with van der Waals surface area (Å²) in [5.74, 6) is 0.0197. The van der Waals surface area contributed by atoms with Crippen LogP contribution in [0.4, 0.5) is 0 Å². The van der Waals surface area contributed by atoms with E-state index in [0.29, 0.717) is 5.41 Å². The lowest BCUT2D eigenvalue weighted by Crippen LogP contribution is -2.52. The van der Waals surface area contributed by atoms with Crippen LogP contribution in [0, 0.1) is 11.3 Å². The Labute approximate surface area is 90.8 Å². The van der Waals surface area contributed by atoms with E-state index in [9.17, 15) is 9.90 Å². The van der Waals surface area contributed by atoms with Crippen molar-refractivity contribution in [3.05, 3.63) is 0 Å². The van der Waals surface area contributed by atoms with E-state index in [-0.39, 0.29) is 23.6 Å². The van der Waals surface area contributed by atoms with E-state index in [1.165, 1.54) is 0 Å². The number of aliphatic hydroxyl groups is 1. The number of hydrogen-bond acceptors (Lipinski definition) is 3. The van der Waals surface area contributed by atoms with Crippen molar-refractivity contribution in [3.63, 3.8) is 0 Å². The molecule has 1 N–H and O–H groups in total. The first-order chi connectivity index (χ1) is 6.80. The summed E-state index contributed by atoms with van der Waals surface area (Å²) >= 11 is 0. The van der Waals surface area contributed by atoms with Gasteiger partial charge in [0, 0.05) is 0 Å². The Morgan fingerprint density at radius 3 is 2.20 bits per heavy atom. The highest BCUT2D eigenvalue weighted by Crippen LogP contribution is 2.59. The molecule has 0 aliphatic heterocycles. The lowest BCUT2D eigenvalue weighted by molar-refractivity contribution is -0.179. The van der Waals surface area contributed by atoms with Crippen molar-refractivity contribution >= 4 is 5.97 Å². The molecular formula is C12H20O3. The topological polar surface area (TPSA) is 46.5 Å². The summed E-state index contributed by atoms with van der Waals surface area (Å²) in [7, 11) is 0. The third-order valence-corrected chi connectivity index (χ3v) is 3.44. The number of esters is 1. The van der Waals surface area contributed by atoms with Crippen molar-refractivity contribution in [3.8, 4) is 0 Å². The third-order valence-electron chi connectivity index (χ3n) is 3.44. The number of hydrogen-bond donors (Lipinski definition) is 1. The summed E-state index contributed by atoms with van der Waals surface area (Å²) in [6.45, 7) is 5.69. The van der Waals surface area contributed by atoms with Crippen molar-refractivity contribution in [2.75, 3.05) is 0 Å². The minimum absolute atomic E-state index is 0.0606. The largest absolute Gasteiger partial charge is 0.460 e. The zero-order valence-corrected chi connectivity index (χ0v) is 9.75. The Balaban J connectivity index is 1.77. The molecule has 2 aliphatic rings. The fraction of sp³-hybridized carbons (Fsp3) is 0.917. The molecule has 0 radical (unpaired) electrons. The van der Waals surface area contributed by atoms with Gasteiger partial charge in [-0.05, 0) is 51.9 Å². The van der Waals surface area contributed by atoms with Crippen LogP contribution in [0.3, 0.4) is 0 Å². The van der Waals surface area contributed by atoms with Crippen LogP contribution in [0.5, 0.6) is 0 Å². The van der Waals surface area contributed by atoms with Gasteiger partial charge >= 0.3 is 5.97 Å². The van der Waals surface area contributed by atoms with E-state index >= 15 is 0 Å². The zero-order chi connectivity index (χ0) is 11.3. The molecule has 0 aromatic heterocycles. The normalized spacial score (nSPS) is 39.5. The molecule has 0 atom stereocenters. The van der Waals surface area contributed by atoms with E-state index < -0.39 is 0 Å². The molecule has 2 rings (SSSR count). The highest BCUT2D eigenvalue weighted by atomic mass is 16.6. The number of ether oxygens (including phenoxy) is 1. The molecule has 86 valence electrons. The van der Waals surface area contributed by atoms with Crippen molar-refractivity contribution in [1.82, 2.24) is 0 Å². The third kappa shape index (κ3) is 2.17. The van der Waals surface area contributed by atoms with Gasteiger partial charge in [-0.15, -0.1) is 0 Å². The Bertz CT molecular complexity index is 263. The van der Waals surface area contributed by atoms with Crippen LogP contribution < -0.4 is 0 Å². The molecule has 15 heavy (non-hydrogen) atoms. The quantitative estimate of drug-likeness (QED) is 0.675. The van der Waals surface area contributed by atoms with Crippen LogP contribution in [-0.2, 0) is 9.53 Å². The molecule has 1 spiro atoms. The first kappa shape index (κ1) is 10.9. The minimum Gasteiger partial charge on any atom is -0.460 e. The summed E-state index contributed by atoms with van der Waals surface area (Å²) in [6, 6.07) is 0. The van der Waals surface area contributed by atoms with Gasteiger partial charge < -0.3 is 9.84 Å². The smallest absolute Gasteiger partial charge is 0.309 e. The monoisotopic (exact) mass is 212 g/mol. The second kappa shape index (κ2) is 3.21.